The number of benzene rings is 1. The second-order valence-corrected chi connectivity index (χ2v) is 6.56. The van der Waals surface area contributed by atoms with E-state index >= 15 is 0 Å². The molecule has 2 aliphatic carbocycles. The Morgan fingerprint density at radius 1 is 1.39 bits per heavy atom. The van der Waals surface area contributed by atoms with Crippen LogP contribution in [0.2, 0.25) is 0 Å². The van der Waals surface area contributed by atoms with Gasteiger partial charge in [0.15, 0.2) is 5.82 Å². The van der Waals surface area contributed by atoms with Crippen LogP contribution in [0.4, 0.5) is 4.39 Å². The predicted octanol–water partition coefficient (Wildman–Crippen LogP) is 2.94. The molecule has 1 amide bonds. The highest BCUT2D eigenvalue weighted by molar-refractivity contribution is 5.89. The van der Waals surface area contributed by atoms with Gasteiger partial charge in [-0.3, -0.25) is 4.79 Å². The molecule has 2 aromatic rings. The third kappa shape index (κ3) is 2.73. The molecule has 0 atom stereocenters. The molecule has 0 saturated heterocycles. The van der Waals surface area contributed by atoms with Crippen molar-refractivity contribution in [1.82, 2.24) is 15.5 Å². The van der Waals surface area contributed by atoms with Crippen LogP contribution in [0.5, 0.6) is 0 Å². The number of halogens is 1. The topological polar surface area (TPSA) is 68.0 Å². The SMILES string of the molecule is O=C(NCC1(c2cccc(F)c2)CCC1)c1nc(C2CC2)no1. The normalized spacial score (nSPS) is 19.2. The molecule has 4 rings (SSSR count). The zero-order chi connectivity index (χ0) is 15.9. The lowest BCUT2D eigenvalue weighted by Crippen LogP contribution is -2.45. The van der Waals surface area contributed by atoms with Crippen LogP contribution < -0.4 is 5.32 Å². The van der Waals surface area contributed by atoms with Crippen LogP contribution in [0, 0.1) is 5.82 Å². The van der Waals surface area contributed by atoms with Crippen LogP contribution in [0.3, 0.4) is 0 Å². The summed E-state index contributed by atoms with van der Waals surface area (Å²) in [7, 11) is 0. The van der Waals surface area contributed by atoms with Crippen molar-refractivity contribution < 1.29 is 13.7 Å². The minimum atomic E-state index is -0.355. The molecule has 1 aromatic carbocycles. The van der Waals surface area contributed by atoms with Crippen LogP contribution in [0.25, 0.3) is 0 Å². The van der Waals surface area contributed by atoms with Crippen molar-refractivity contribution in [3.63, 3.8) is 0 Å². The van der Waals surface area contributed by atoms with Crippen molar-refractivity contribution in [3.8, 4) is 0 Å². The second-order valence-electron chi connectivity index (χ2n) is 6.56. The highest BCUT2D eigenvalue weighted by Crippen LogP contribution is 2.43. The number of rotatable bonds is 5. The van der Waals surface area contributed by atoms with E-state index in [-0.39, 0.29) is 23.0 Å². The average Bonchev–Trinajstić information content (AvgIpc) is 3.23. The zero-order valence-corrected chi connectivity index (χ0v) is 12.7. The van der Waals surface area contributed by atoms with Crippen LogP contribution in [0.15, 0.2) is 28.8 Å². The minimum Gasteiger partial charge on any atom is -0.347 e. The quantitative estimate of drug-likeness (QED) is 0.921. The van der Waals surface area contributed by atoms with Crippen molar-refractivity contribution in [2.75, 3.05) is 6.54 Å². The first kappa shape index (κ1) is 14.4. The summed E-state index contributed by atoms with van der Waals surface area (Å²) < 4.78 is 18.5. The number of hydrogen-bond donors (Lipinski definition) is 1. The van der Waals surface area contributed by atoms with E-state index in [0.717, 1.165) is 37.7 Å². The summed E-state index contributed by atoms with van der Waals surface area (Å²) in [6, 6.07) is 6.63. The monoisotopic (exact) mass is 315 g/mol. The number of carbonyl (C=O) groups is 1. The zero-order valence-electron chi connectivity index (χ0n) is 12.7. The summed E-state index contributed by atoms with van der Waals surface area (Å²) in [5.41, 5.74) is 0.755. The van der Waals surface area contributed by atoms with Gasteiger partial charge in [-0.2, -0.15) is 4.98 Å². The summed E-state index contributed by atoms with van der Waals surface area (Å²) in [4.78, 5) is 16.4. The molecule has 0 unspecified atom stereocenters. The van der Waals surface area contributed by atoms with Gasteiger partial charge in [-0.1, -0.05) is 23.7 Å². The lowest BCUT2D eigenvalue weighted by Gasteiger charge is -2.42. The summed E-state index contributed by atoms with van der Waals surface area (Å²) >= 11 is 0. The molecule has 0 radical (unpaired) electrons. The molecule has 120 valence electrons. The van der Waals surface area contributed by atoms with Crippen LogP contribution in [-0.4, -0.2) is 22.6 Å². The van der Waals surface area contributed by atoms with E-state index in [1.54, 1.807) is 12.1 Å². The van der Waals surface area contributed by atoms with E-state index < -0.39 is 0 Å². The van der Waals surface area contributed by atoms with Gasteiger partial charge in [-0.05, 0) is 43.4 Å². The number of amides is 1. The fourth-order valence-corrected chi connectivity index (χ4v) is 3.15. The molecule has 1 N–H and O–H groups in total. The van der Waals surface area contributed by atoms with Gasteiger partial charge in [0, 0.05) is 17.9 Å². The van der Waals surface area contributed by atoms with Gasteiger partial charge in [0.2, 0.25) is 0 Å². The van der Waals surface area contributed by atoms with Crippen molar-refractivity contribution in [3.05, 3.63) is 47.4 Å². The van der Waals surface area contributed by atoms with Crippen LogP contribution in [0.1, 0.15) is 60.1 Å². The van der Waals surface area contributed by atoms with Gasteiger partial charge in [0.05, 0.1) is 0 Å². The smallest absolute Gasteiger partial charge is 0.315 e. The van der Waals surface area contributed by atoms with Crippen molar-refractivity contribution in [2.24, 2.45) is 0 Å². The van der Waals surface area contributed by atoms with Crippen LogP contribution >= 0.6 is 0 Å². The summed E-state index contributed by atoms with van der Waals surface area (Å²) in [5, 5.41) is 6.73. The third-order valence-corrected chi connectivity index (χ3v) is 4.91. The van der Waals surface area contributed by atoms with Gasteiger partial charge in [0.1, 0.15) is 5.82 Å². The third-order valence-electron chi connectivity index (χ3n) is 4.91. The van der Waals surface area contributed by atoms with Gasteiger partial charge in [-0.25, -0.2) is 4.39 Å². The lowest BCUT2D eigenvalue weighted by molar-refractivity contribution is 0.0884. The van der Waals surface area contributed by atoms with Crippen molar-refractivity contribution >= 4 is 5.91 Å². The lowest BCUT2D eigenvalue weighted by atomic mass is 9.64. The molecule has 2 fully saturated rings. The molecule has 23 heavy (non-hydrogen) atoms. The average molecular weight is 315 g/mol. The largest absolute Gasteiger partial charge is 0.347 e. The maximum atomic E-state index is 13.5. The van der Waals surface area contributed by atoms with E-state index in [0.29, 0.717) is 18.3 Å². The van der Waals surface area contributed by atoms with Crippen LogP contribution in [-0.2, 0) is 5.41 Å². The number of nitrogens with zero attached hydrogens (tertiary/aromatic N) is 2. The van der Waals surface area contributed by atoms with E-state index in [2.05, 4.69) is 15.5 Å². The Morgan fingerprint density at radius 3 is 2.87 bits per heavy atom. The summed E-state index contributed by atoms with van der Waals surface area (Å²) in [6.07, 6.45) is 5.08. The highest BCUT2D eigenvalue weighted by atomic mass is 19.1. The first-order valence-corrected chi connectivity index (χ1v) is 8.04. The first-order valence-electron chi connectivity index (χ1n) is 8.04. The maximum Gasteiger partial charge on any atom is 0.315 e. The Kier molecular flexibility index (Phi) is 3.39. The molecule has 0 spiro atoms. The standard InChI is InChI=1S/C17H18FN3O2/c18-13-4-1-3-12(9-13)17(7-2-8-17)10-19-15(22)16-20-14(21-23-16)11-5-6-11/h1,3-4,9,11H,2,5-8,10H2,(H,19,22). The molecular formula is C17H18FN3O2. The number of nitrogens with one attached hydrogen (secondary N) is 1. The van der Waals surface area contributed by atoms with Gasteiger partial charge >= 0.3 is 11.8 Å². The van der Waals surface area contributed by atoms with E-state index in [4.69, 9.17) is 4.52 Å². The fraction of sp³-hybridized carbons (Fsp3) is 0.471. The first-order chi connectivity index (χ1) is 11.2. The number of hydrogen-bond acceptors (Lipinski definition) is 4. The molecule has 0 bridgehead atoms. The predicted molar refractivity (Wildman–Crippen MR) is 80.5 cm³/mol. The molecule has 2 aliphatic rings. The molecule has 1 heterocycles. The van der Waals surface area contributed by atoms with Gasteiger partial charge < -0.3 is 9.84 Å². The van der Waals surface area contributed by atoms with E-state index in [1.165, 1.54) is 6.07 Å². The Bertz CT molecular complexity index is 735. The second kappa shape index (κ2) is 5.44. The number of aromatic nitrogens is 2. The number of carbonyl (C=O) groups excluding carboxylic acids is 1. The minimum absolute atomic E-state index is 0.0145. The Hall–Kier alpha value is -2.24. The maximum absolute atomic E-state index is 13.5. The Balaban J connectivity index is 1.44. The molecule has 6 heteroatoms. The van der Waals surface area contributed by atoms with Crippen molar-refractivity contribution in [1.29, 1.82) is 0 Å². The van der Waals surface area contributed by atoms with E-state index in [9.17, 15) is 9.18 Å². The molecule has 2 saturated carbocycles. The van der Waals surface area contributed by atoms with Gasteiger partial charge in [-0.15, -0.1) is 0 Å². The summed E-state index contributed by atoms with van der Waals surface area (Å²) in [5.74, 6) is 0.392. The van der Waals surface area contributed by atoms with Gasteiger partial charge in [0.25, 0.3) is 0 Å². The van der Waals surface area contributed by atoms with E-state index in [1.807, 2.05) is 6.07 Å². The fourth-order valence-electron chi connectivity index (χ4n) is 3.15. The highest BCUT2D eigenvalue weighted by Gasteiger charge is 2.39. The molecule has 0 aliphatic heterocycles. The molecule has 1 aromatic heterocycles. The Morgan fingerprint density at radius 2 is 2.22 bits per heavy atom. The molecule has 5 nitrogen and oxygen atoms in total. The van der Waals surface area contributed by atoms with Crippen molar-refractivity contribution in [2.45, 2.75) is 43.4 Å². The summed E-state index contributed by atoms with van der Waals surface area (Å²) in [6.45, 7) is 0.455. The Labute approximate surface area is 133 Å². The molecular weight excluding hydrogens is 297 g/mol.